The van der Waals surface area contributed by atoms with Crippen LogP contribution in [0, 0.1) is 6.92 Å². The lowest BCUT2D eigenvalue weighted by Gasteiger charge is -2.36. The van der Waals surface area contributed by atoms with Crippen LogP contribution in [0.5, 0.6) is 0 Å². The number of guanidine groups is 1. The van der Waals surface area contributed by atoms with Crippen molar-refractivity contribution >= 4 is 35.9 Å². The molecule has 0 aliphatic carbocycles. The van der Waals surface area contributed by atoms with Gasteiger partial charge in [0, 0.05) is 51.8 Å². The Kier molecular flexibility index (Phi) is 7.35. The Hall–Kier alpha value is -1.97. The molecule has 1 aliphatic heterocycles. The molecule has 0 unspecified atom stereocenters. The highest BCUT2D eigenvalue weighted by atomic mass is 127. The van der Waals surface area contributed by atoms with Gasteiger partial charge in [-0.15, -0.1) is 24.0 Å². The lowest BCUT2D eigenvalue weighted by atomic mass is 10.2. The van der Waals surface area contributed by atoms with E-state index in [1.807, 2.05) is 25.4 Å². The highest BCUT2D eigenvalue weighted by Crippen LogP contribution is 2.10. The third-order valence-electron chi connectivity index (χ3n) is 4.16. The van der Waals surface area contributed by atoms with Gasteiger partial charge in [-0.05, 0) is 24.6 Å². The largest absolute Gasteiger partial charge is 0.351 e. The molecule has 3 rings (SSSR count). The van der Waals surface area contributed by atoms with Crippen LogP contribution in [0.25, 0.3) is 0 Å². The van der Waals surface area contributed by atoms with Crippen molar-refractivity contribution in [3.8, 4) is 0 Å². The smallest absolute Gasteiger partial charge is 0.225 e. The summed E-state index contributed by atoms with van der Waals surface area (Å²) < 4.78 is 0. The molecule has 0 amide bonds. The number of nitrogens with zero attached hydrogens (tertiary/aromatic N) is 6. The second-order valence-corrected chi connectivity index (χ2v) is 5.69. The highest BCUT2D eigenvalue weighted by Gasteiger charge is 2.21. The van der Waals surface area contributed by atoms with E-state index < -0.39 is 0 Å². The van der Waals surface area contributed by atoms with Gasteiger partial charge in [0.1, 0.15) is 0 Å². The summed E-state index contributed by atoms with van der Waals surface area (Å²) in [5.41, 5.74) is 2.24. The summed E-state index contributed by atoms with van der Waals surface area (Å²) in [5.74, 6) is 1.71. The first kappa shape index (κ1) is 19.4. The average Bonchev–Trinajstić information content (AvgIpc) is 2.65. The van der Waals surface area contributed by atoms with Gasteiger partial charge in [0.25, 0.3) is 0 Å². The Morgan fingerprint density at radius 1 is 1.08 bits per heavy atom. The first-order valence-corrected chi connectivity index (χ1v) is 8.16. The average molecular weight is 453 g/mol. The number of aromatic nitrogens is 3. The van der Waals surface area contributed by atoms with E-state index in [0.29, 0.717) is 6.54 Å². The first-order chi connectivity index (χ1) is 11.8. The Bertz CT molecular complexity index is 684. The molecule has 0 aromatic carbocycles. The molecule has 1 fully saturated rings. The normalized spacial score (nSPS) is 14.9. The monoisotopic (exact) mass is 453 g/mol. The van der Waals surface area contributed by atoms with E-state index in [2.05, 4.69) is 48.1 Å². The minimum absolute atomic E-state index is 0. The molecule has 0 radical (unpaired) electrons. The number of halogens is 1. The maximum Gasteiger partial charge on any atom is 0.225 e. The van der Waals surface area contributed by atoms with Crippen LogP contribution in [-0.2, 0) is 6.54 Å². The van der Waals surface area contributed by atoms with Crippen LogP contribution in [0.3, 0.4) is 0 Å². The Morgan fingerprint density at radius 3 is 2.40 bits per heavy atom. The number of hydrogen-bond acceptors (Lipinski definition) is 5. The first-order valence-electron chi connectivity index (χ1n) is 8.16. The zero-order valence-electron chi connectivity index (χ0n) is 14.6. The number of anilines is 1. The summed E-state index contributed by atoms with van der Waals surface area (Å²) in [5, 5.41) is 3.41. The molecule has 0 bridgehead atoms. The molecule has 3 heterocycles. The number of aliphatic imine (C=N–C) groups is 1. The third-order valence-corrected chi connectivity index (χ3v) is 4.16. The lowest BCUT2D eigenvalue weighted by molar-refractivity contribution is 0.370. The molecule has 0 spiro atoms. The van der Waals surface area contributed by atoms with Gasteiger partial charge in [0.05, 0.1) is 12.2 Å². The van der Waals surface area contributed by atoms with Crippen LogP contribution in [0.15, 0.2) is 41.8 Å². The van der Waals surface area contributed by atoms with Crippen molar-refractivity contribution in [1.29, 1.82) is 0 Å². The van der Waals surface area contributed by atoms with Gasteiger partial charge >= 0.3 is 0 Å². The van der Waals surface area contributed by atoms with Crippen molar-refractivity contribution in [3.05, 3.63) is 48.0 Å². The minimum atomic E-state index is 0. The van der Waals surface area contributed by atoms with Crippen molar-refractivity contribution in [1.82, 2.24) is 25.2 Å². The summed E-state index contributed by atoms with van der Waals surface area (Å²) in [6, 6.07) is 5.87. The molecule has 1 saturated heterocycles. The van der Waals surface area contributed by atoms with Gasteiger partial charge < -0.3 is 15.1 Å². The van der Waals surface area contributed by atoms with Crippen molar-refractivity contribution in [2.24, 2.45) is 4.99 Å². The van der Waals surface area contributed by atoms with Crippen LogP contribution < -0.4 is 10.2 Å². The maximum absolute atomic E-state index is 4.42. The summed E-state index contributed by atoms with van der Waals surface area (Å²) in [6.07, 6.45) is 5.39. The van der Waals surface area contributed by atoms with Crippen LogP contribution in [-0.4, -0.2) is 59.0 Å². The molecule has 2 aromatic heterocycles. The minimum Gasteiger partial charge on any atom is -0.351 e. The molecule has 134 valence electrons. The summed E-state index contributed by atoms with van der Waals surface area (Å²) in [7, 11) is 1.82. The Balaban J connectivity index is 0.00000225. The van der Waals surface area contributed by atoms with Gasteiger partial charge in [0.15, 0.2) is 5.96 Å². The standard InChI is InChI=1S/C17H23N7.HI/c1-14-5-3-6-19-15(14)13-22-16(18-2)23-9-11-24(12-10-23)17-20-7-4-8-21-17;/h3-8H,9-13H2,1-2H3,(H,18,22);1H. The fourth-order valence-electron chi connectivity index (χ4n) is 2.77. The van der Waals surface area contributed by atoms with E-state index in [0.717, 1.165) is 43.8 Å². The third kappa shape index (κ3) is 5.00. The molecule has 1 aliphatic rings. The number of piperazine rings is 1. The second kappa shape index (κ2) is 9.50. The van der Waals surface area contributed by atoms with Crippen molar-refractivity contribution in [3.63, 3.8) is 0 Å². The topological polar surface area (TPSA) is 69.5 Å². The number of pyridine rings is 1. The number of hydrogen-bond donors (Lipinski definition) is 1. The molecular formula is C17H24IN7. The Labute approximate surface area is 165 Å². The van der Waals surface area contributed by atoms with E-state index in [4.69, 9.17) is 0 Å². The van der Waals surface area contributed by atoms with Crippen LogP contribution in [0.2, 0.25) is 0 Å². The van der Waals surface area contributed by atoms with Crippen LogP contribution in [0.4, 0.5) is 5.95 Å². The molecule has 25 heavy (non-hydrogen) atoms. The number of aryl methyl sites for hydroxylation is 1. The SMILES string of the molecule is CN=C(NCc1ncccc1C)N1CCN(c2ncccn2)CC1.I. The van der Waals surface area contributed by atoms with Crippen molar-refractivity contribution in [2.75, 3.05) is 38.1 Å². The predicted octanol–water partition coefficient (Wildman–Crippen LogP) is 1.70. The van der Waals surface area contributed by atoms with Crippen LogP contribution in [0.1, 0.15) is 11.3 Å². The van der Waals surface area contributed by atoms with Gasteiger partial charge in [-0.25, -0.2) is 9.97 Å². The fourth-order valence-corrected chi connectivity index (χ4v) is 2.77. The Morgan fingerprint density at radius 2 is 1.76 bits per heavy atom. The van der Waals surface area contributed by atoms with Crippen LogP contribution >= 0.6 is 24.0 Å². The molecule has 2 aromatic rings. The number of rotatable bonds is 3. The van der Waals surface area contributed by atoms with Gasteiger partial charge in [0.2, 0.25) is 5.95 Å². The quantitative estimate of drug-likeness (QED) is 0.434. The van der Waals surface area contributed by atoms with Gasteiger partial charge in [-0.1, -0.05) is 6.07 Å². The zero-order valence-corrected chi connectivity index (χ0v) is 16.9. The van der Waals surface area contributed by atoms with E-state index in [9.17, 15) is 0 Å². The molecule has 8 heteroatoms. The molecule has 0 atom stereocenters. The summed E-state index contributed by atoms with van der Waals surface area (Å²) >= 11 is 0. The lowest BCUT2D eigenvalue weighted by Crippen LogP contribution is -2.52. The molecular weight excluding hydrogens is 429 g/mol. The van der Waals surface area contributed by atoms with E-state index in [1.165, 1.54) is 5.56 Å². The van der Waals surface area contributed by atoms with E-state index in [1.54, 1.807) is 12.4 Å². The van der Waals surface area contributed by atoms with Gasteiger partial charge in [-0.2, -0.15) is 0 Å². The highest BCUT2D eigenvalue weighted by molar-refractivity contribution is 14.0. The zero-order chi connectivity index (χ0) is 16.8. The van der Waals surface area contributed by atoms with Crippen molar-refractivity contribution < 1.29 is 0 Å². The predicted molar refractivity (Wildman–Crippen MR) is 110 cm³/mol. The van der Waals surface area contributed by atoms with Gasteiger partial charge in [-0.3, -0.25) is 9.98 Å². The van der Waals surface area contributed by atoms with Crippen molar-refractivity contribution in [2.45, 2.75) is 13.5 Å². The summed E-state index contributed by atoms with van der Waals surface area (Å²) in [4.78, 5) is 21.9. The molecule has 7 nitrogen and oxygen atoms in total. The maximum atomic E-state index is 4.42. The number of nitrogens with one attached hydrogen (secondary N) is 1. The summed E-state index contributed by atoms with van der Waals surface area (Å²) in [6.45, 7) is 6.30. The fraction of sp³-hybridized carbons (Fsp3) is 0.412. The molecule has 0 saturated carbocycles. The van der Waals surface area contributed by atoms with E-state index in [-0.39, 0.29) is 24.0 Å². The second-order valence-electron chi connectivity index (χ2n) is 5.69. The molecule has 1 N–H and O–H groups in total. The van der Waals surface area contributed by atoms with E-state index >= 15 is 0 Å².